The van der Waals surface area contributed by atoms with Gasteiger partial charge in [-0.05, 0) is 42.7 Å². The molecule has 3 aliphatic heterocycles. The molecule has 13 heteroatoms. The van der Waals surface area contributed by atoms with Gasteiger partial charge in [0.2, 0.25) is 24.4 Å². The Morgan fingerprint density at radius 1 is 1.23 bits per heavy atom. The number of carboxylic acids is 1. The molecule has 2 saturated heterocycles. The zero-order valence-electron chi connectivity index (χ0n) is 25.3. The summed E-state index contributed by atoms with van der Waals surface area (Å²) in [6, 6.07) is 6.07. The molecule has 3 atom stereocenters. The first-order chi connectivity index (χ1) is 21.2. The molecule has 0 aliphatic carbocycles. The second-order valence-corrected chi connectivity index (χ2v) is 11.3. The lowest BCUT2D eigenvalue weighted by Crippen LogP contribution is -2.52. The molecule has 1 aromatic heterocycles. The molecule has 5 rings (SSSR count). The van der Waals surface area contributed by atoms with E-state index in [1.807, 2.05) is 17.9 Å². The minimum Gasteiger partial charge on any atom is -0.493 e. The van der Waals surface area contributed by atoms with E-state index >= 15 is 0 Å². The summed E-state index contributed by atoms with van der Waals surface area (Å²) in [6.07, 6.45) is 5.35. The lowest BCUT2D eigenvalue weighted by atomic mass is 9.84. The van der Waals surface area contributed by atoms with Crippen LogP contribution in [0.15, 0.2) is 36.7 Å². The minimum absolute atomic E-state index is 0.0275. The van der Waals surface area contributed by atoms with Crippen molar-refractivity contribution in [3.63, 3.8) is 0 Å². The highest BCUT2D eigenvalue weighted by Gasteiger charge is 2.48. The fraction of sp³-hybridized carbons (Fsp3) is 0.516. The van der Waals surface area contributed by atoms with E-state index < -0.39 is 29.9 Å². The van der Waals surface area contributed by atoms with Gasteiger partial charge < -0.3 is 29.1 Å². The summed E-state index contributed by atoms with van der Waals surface area (Å²) >= 11 is 0. The van der Waals surface area contributed by atoms with Crippen LogP contribution >= 0.6 is 0 Å². The van der Waals surface area contributed by atoms with Gasteiger partial charge in [0.15, 0.2) is 11.5 Å². The number of pyridine rings is 1. The summed E-state index contributed by atoms with van der Waals surface area (Å²) in [5, 5.41) is 10.6. The number of anilines is 1. The van der Waals surface area contributed by atoms with E-state index in [1.165, 1.54) is 16.9 Å². The fourth-order valence-electron chi connectivity index (χ4n) is 6.33. The van der Waals surface area contributed by atoms with E-state index in [-0.39, 0.29) is 51.1 Å². The largest absolute Gasteiger partial charge is 0.493 e. The number of ether oxygens (including phenoxy) is 3. The molecule has 0 bridgehead atoms. The Morgan fingerprint density at radius 2 is 2.05 bits per heavy atom. The highest BCUT2D eigenvalue weighted by Crippen LogP contribution is 2.47. The van der Waals surface area contributed by atoms with Crippen molar-refractivity contribution in [1.82, 2.24) is 19.7 Å². The number of carbonyl (C=O) groups is 4. The van der Waals surface area contributed by atoms with Crippen molar-refractivity contribution < 1.29 is 38.5 Å². The van der Waals surface area contributed by atoms with Gasteiger partial charge in [0.1, 0.15) is 0 Å². The Labute approximate surface area is 256 Å². The van der Waals surface area contributed by atoms with Crippen LogP contribution in [0.5, 0.6) is 17.2 Å². The lowest BCUT2D eigenvalue weighted by molar-refractivity contribution is -0.143. The maximum Gasteiger partial charge on any atom is 0.326 e. The fourth-order valence-corrected chi connectivity index (χ4v) is 6.33. The van der Waals surface area contributed by atoms with Crippen LogP contribution in [-0.4, -0.2) is 108 Å². The number of benzene rings is 1. The second-order valence-electron chi connectivity index (χ2n) is 11.3. The number of aromatic nitrogens is 1. The van der Waals surface area contributed by atoms with E-state index in [9.17, 15) is 24.3 Å². The molecule has 2 aromatic rings. The van der Waals surface area contributed by atoms with Gasteiger partial charge in [-0.3, -0.25) is 29.2 Å². The van der Waals surface area contributed by atoms with Crippen molar-refractivity contribution >= 4 is 29.5 Å². The number of carboxylic acid groups (broad SMARTS) is 1. The van der Waals surface area contributed by atoms with Crippen molar-refractivity contribution in [3.05, 3.63) is 42.2 Å². The van der Waals surface area contributed by atoms with Crippen molar-refractivity contribution in [2.24, 2.45) is 5.92 Å². The molecule has 4 heterocycles. The number of likely N-dealkylation sites (tertiary alicyclic amines) is 1. The Balaban J connectivity index is 1.47. The first kappa shape index (κ1) is 31.0. The molecule has 1 N–H and O–H groups in total. The molecule has 1 aromatic carbocycles. The Hall–Kier alpha value is -4.39. The maximum absolute atomic E-state index is 13.9. The average molecular weight is 610 g/mol. The van der Waals surface area contributed by atoms with Crippen LogP contribution in [0.4, 0.5) is 10.5 Å². The van der Waals surface area contributed by atoms with Gasteiger partial charge in [-0.1, -0.05) is 13.3 Å². The maximum atomic E-state index is 13.9. The van der Waals surface area contributed by atoms with E-state index in [0.717, 1.165) is 12.8 Å². The highest BCUT2D eigenvalue weighted by atomic mass is 16.7. The smallest absolute Gasteiger partial charge is 0.326 e. The molecule has 1 unspecified atom stereocenters. The third kappa shape index (κ3) is 6.28. The number of fused-ring (bicyclic) bond motifs is 1. The molecule has 0 saturated carbocycles. The van der Waals surface area contributed by atoms with Gasteiger partial charge in [-0.25, -0.2) is 4.79 Å². The van der Waals surface area contributed by atoms with Gasteiger partial charge >= 0.3 is 12.0 Å². The van der Waals surface area contributed by atoms with Crippen molar-refractivity contribution in [3.8, 4) is 17.2 Å². The first-order valence-electron chi connectivity index (χ1n) is 14.9. The third-order valence-electron chi connectivity index (χ3n) is 8.64. The van der Waals surface area contributed by atoms with Crippen LogP contribution in [0.1, 0.15) is 44.1 Å². The molecule has 13 nitrogen and oxygen atoms in total. The zero-order chi connectivity index (χ0) is 31.4. The van der Waals surface area contributed by atoms with Crippen molar-refractivity contribution in [1.29, 1.82) is 0 Å². The first-order valence-corrected chi connectivity index (χ1v) is 14.9. The van der Waals surface area contributed by atoms with Crippen LogP contribution in [0.25, 0.3) is 0 Å². The summed E-state index contributed by atoms with van der Waals surface area (Å²) in [4.78, 5) is 62.8. The highest BCUT2D eigenvalue weighted by molar-refractivity contribution is 5.97. The Kier molecular flexibility index (Phi) is 9.52. The summed E-state index contributed by atoms with van der Waals surface area (Å²) in [6.45, 7) is 3.16. The molecule has 3 aliphatic rings. The monoisotopic (exact) mass is 609 g/mol. The number of urea groups is 1. The van der Waals surface area contributed by atoms with Gasteiger partial charge in [-0.2, -0.15) is 0 Å². The lowest BCUT2D eigenvalue weighted by Gasteiger charge is -2.34. The molecule has 44 heavy (non-hydrogen) atoms. The number of hydrogen-bond donors (Lipinski definition) is 1. The zero-order valence-corrected chi connectivity index (χ0v) is 25.3. The van der Waals surface area contributed by atoms with Crippen LogP contribution < -0.4 is 19.1 Å². The predicted molar refractivity (Wildman–Crippen MR) is 159 cm³/mol. The minimum atomic E-state index is -1.03. The molecular weight excluding hydrogens is 570 g/mol. The molecule has 0 radical (unpaired) electrons. The average Bonchev–Trinajstić information content (AvgIpc) is 3.64. The molecule has 2 fully saturated rings. The number of unbranched alkanes of at least 4 members (excludes halogenated alkanes) is 1. The van der Waals surface area contributed by atoms with Gasteiger partial charge in [0.25, 0.3) is 0 Å². The van der Waals surface area contributed by atoms with Crippen LogP contribution in [0.2, 0.25) is 0 Å². The van der Waals surface area contributed by atoms with Crippen molar-refractivity contribution in [2.75, 3.05) is 58.6 Å². The molecule has 0 spiro atoms. The molecule has 4 amide bonds. The van der Waals surface area contributed by atoms with E-state index in [0.29, 0.717) is 41.6 Å². The topological polar surface area (TPSA) is 142 Å². The summed E-state index contributed by atoms with van der Waals surface area (Å²) in [5.41, 5.74) is 1.35. The van der Waals surface area contributed by atoms with Crippen LogP contribution in [-0.2, 0) is 14.4 Å². The SMILES string of the molecule is CCCCN(C(=O)CN1C[C@H](c2cc(OC)c3c(c2)OCO3)C(C(=O)O)[C@@H]1CCN1C(=O)CCN(C)C1=O)c1cccnc1. The number of rotatable bonds is 12. The number of methoxy groups -OCH3 is 1. The Bertz CT molecular complexity index is 1390. The van der Waals surface area contributed by atoms with E-state index in [2.05, 4.69) is 4.98 Å². The summed E-state index contributed by atoms with van der Waals surface area (Å²) in [5.74, 6) is -1.64. The van der Waals surface area contributed by atoms with Crippen LogP contribution in [0.3, 0.4) is 0 Å². The second kappa shape index (κ2) is 13.5. The summed E-state index contributed by atoms with van der Waals surface area (Å²) < 4.78 is 16.7. The van der Waals surface area contributed by atoms with E-state index in [1.54, 1.807) is 42.5 Å². The molecular formula is C31H39N5O8. The number of nitrogens with zero attached hydrogens (tertiary/aromatic N) is 5. The number of aliphatic carboxylic acids is 1. The van der Waals surface area contributed by atoms with Gasteiger partial charge in [0, 0.05) is 57.8 Å². The van der Waals surface area contributed by atoms with E-state index in [4.69, 9.17) is 14.2 Å². The molecule has 236 valence electrons. The number of amides is 4. The number of imide groups is 1. The van der Waals surface area contributed by atoms with Gasteiger partial charge in [-0.15, -0.1) is 0 Å². The third-order valence-corrected chi connectivity index (χ3v) is 8.64. The van der Waals surface area contributed by atoms with Crippen molar-refractivity contribution in [2.45, 2.75) is 44.6 Å². The quantitative estimate of drug-likeness (QED) is 0.382. The normalized spacial score (nSPS) is 21.6. The van der Waals surface area contributed by atoms with Crippen LogP contribution in [0, 0.1) is 5.92 Å². The number of carbonyl (C=O) groups excluding carboxylic acids is 3. The summed E-state index contributed by atoms with van der Waals surface area (Å²) in [7, 11) is 3.14. The standard InChI is InChI=1S/C31H39N5O8/c1-4-5-11-35(21-7-6-10-32-16-21)27(38)18-34-17-22(20-14-24(42-3)29-25(15-20)43-19-44-29)28(30(39)40)23(34)8-13-36-26(37)9-12-33(2)31(36)41/h6-7,10,14-16,22-23,28H,4-5,8-9,11-13,17-19H2,1-3H3,(H,39,40)/t22-,23+,28?/m1/s1. The number of hydrogen-bond acceptors (Lipinski definition) is 9. The Morgan fingerprint density at radius 3 is 2.75 bits per heavy atom. The predicted octanol–water partition coefficient (Wildman–Crippen LogP) is 2.80. The van der Waals surface area contributed by atoms with Gasteiger partial charge in [0.05, 0.1) is 31.5 Å².